The SMILES string of the molecule is CCc1ccccc1-c1nc(N2CCCNCC2)n[nH]1. The third-order valence-electron chi connectivity index (χ3n) is 3.75. The molecule has 1 saturated heterocycles. The highest BCUT2D eigenvalue weighted by molar-refractivity contribution is 5.61. The van der Waals surface area contributed by atoms with E-state index < -0.39 is 0 Å². The molecule has 0 amide bonds. The third-order valence-corrected chi connectivity index (χ3v) is 3.75. The van der Waals surface area contributed by atoms with E-state index in [9.17, 15) is 0 Å². The minimum absolute atomic E-state index is 0.814. The molecule has 20 heavy (non-hydrogen) atoms. The van der Waals surface area contributed by atoms with Crippen molar-refractivity contribution in [3.05, 3.63) is 29.8 Å². The molecule has 0 spiro atoms. The fourth-order valence-corrected chi connectivity index (χ4v) is 2.62. The number of rotatable bonds is 3. The van der Waals surface area contributed by atoms with E-state index in [1.807, 2.05) is 6.07 Å². The van der Waals surface area contributed by atoms with Gasteiger partial charge in [-0.2, -0.15) is 4.98 Å². The number of nitrogens with one attached hydrogen (secondary N) is 2. The molecular formula is C15H21N5. The molecular weight excluding hydrogens is 250 g/mol. The van der Waals surface area contributed by atoms with Gasteiger partial charge in [-0.05, 0) is 24.9 Å². The first-order chi connectivity index (χ1) is 9.88. The third kappa shape index (κ3) is 2.67. The fourth-order valence-electron chi connectivity index (χ4n) is 2.62. The maximum atomic E-state index is 4.69. The Morgan fingerprint density at radius 3 is 3.00 bits per heavy atom. The highest BCUT2D eigenvalue weighted by Gasteiger charge is 2.15. The number of nitrogens with zero attached hydrogens (tertiary/aromatic N) is 3. The summed E-state index contributed by atoms with van der Waals surface area (Å²) in [5.41, 5.74) is 2.45. The van der Waals surface area contributed by atoms with Gasteiger partial charge < -0.3 is 10.2 Å². The lowest BCUT2D eigenvalue weighted by Gasteiger charge is -2.16. The summed E-state index contributed by atoms with van der Waals surface area (Å²) in [4.78, 5) is 6.93. The molecule has 2 aromatic rings. The van der Waals surface area contributed by atoms with Gasteiger partial charge in [0.25, 0.3) is 0 Å². The van der Waals surface area contributed by atoms with Gasteiger partial charge in [-0.15, -0.1) is 5.10 Å². The first-order valence-electron chi connectivity index (χ1n) is 7.35. The normalized spacial score (nSPS) is 16.1. The molecule has 2 N–H and O–H groups in total. The zero-order valence-electron chi connectivity index (χ0n) is 11.9. The summed E-state index contributed by atoms with van der Waals surface area (Å²) in [6.07, 6.45) is 2.13. The van der Waals surface area contributed by atoms with Crippen molar-refractivity contribution in [3.63, 3.8) is 0 Å². The summed E-state index contributed by atoms with van der Waals surface area (Å²) < 4.78 is 0. The molecule has 5 heteroatoms. The van der Waals surface area contributed by atoms with Gasteiger partial charge in [-0.1, -0.05) is 31.2 Å². The number of benzene rings is 1. The van der Waals surface area contributed by atoms with Crippen molar-refractivity contribution in [3.8, 4) is 11.4 Å². The van der Waals surface area contributed by atoms with Crippen LogP contribution in [0.4, 0.5) is 5.95 Å². The van der Waals surface area contributed by atoms with Crippen LogP contribution in [-0.2, 0) is 6.42 Å². The van der Waals surface area contributed by atoms with E-state index >= 15 is 0 Å². The van der Waals surface area contributed by atoms with Crippen LogP contribution < -0.4 is 10.2 Å². The lowest BCUT2D eigenvalue weighted by Crippen LogP contribution is -2.28. The van der Waals surface area contributed by atoms with Crippen LogP contribution >= 0.6 is 0 Å². The number of hydrogen-bond acceptors (Lipinski definition) is 4. The van der Waals surface area contributed by atoms with Gasteiger partial charge in [0.05, 0.1) is 0 Å². The van der Waals surface area contributed by atoms with Crippen LogP contribution in [0.15, 0.2) is 24.3 Å². The average Bonchev–Trinajstić information content (AvgIpc) is 2.82. The van der Waals surface area contributed by atoms with Crippen LogP contribution in [0.2, 0.25) is 0 Å². The molecule has 0 atom stereocenters. The molecule has 1 aliphatic heterocycles. The maximum absolute atomic E-state index is 4.69. The second-order valence-corrected chi connectivity index (χ2v) is 5.09. The molecule has 0 radical (unpaired) electrons. The minimum Gasteiger partial charge on any atom is -0.338 e. The molecule has 0 unspecified atom stereocenters. The lowest BCUT2D eigenvalue weighted by atomic mass is 10.1. The summed E-state index contributed by atoms with van der Waals surface area (Å²) in [5.74, 6) is 1.68. The van der Waals surface area contributed by atoms with Crippen molar-refractivity contribution in [2.45, 2.75) is 19.8 Å². The number of aromatic nitrogens is 3. The van der Waals surface area contributed by atoms with Crippen molar-refractivity contribution >= 4 is 5.95 Å². The van der Waals surface area contributed by atoms with E-state index in [2.05, 4.69) is 50.5 Å². The Bertz CT molecular complexity index is 555. The van der Waals surface area contributed by atoms with Crippen molar-refractivity contribution in [1.82, 2.24) is 20.5 Å². The number of aryl methyl sites for hydroxylation is 1. The molecule has 1 aliphatic rings. The van der Waals surface area contributed by atoms with E-state index in [-0.39, 0.29) is 0 Å². The average molecular weight is 271 g/mol. The Kier molecular flexibility index (Phi) is 3.97. The minimum atomic E-state index is 0.814. The second-order valence-electron chi connectivity index (χ2n) is 5.09. The predicted molar refractivity (Wildman–Crippen MR) is 80.9 cm³/mol. The number of anilines is 1. The zero-order chi connectivity index (χ0) is 13.8. The molecule has 1 fully saturated rings. The van der Waals surface area contributed by atoms with Crippen LogP contribution in [0.3, 0.4) is 0 Å². The highest BCUT2D eigenvalue weighted by Crippen LogP contribution is 2.22. The number of hydrogen-bond donors (Lipinski definition) is 2. The fraction of sp³-hybridized carbons (Fsp3) is 0.467. The van der Waals surface area contributed by atoms with E-state index in [4.69, 9.17) is 0 Å². The van der Waals surface area contributed by atoms with E-state index in [1.165, 1.54) is 5.56 Å². The van der Waals surface area contributed by atoms with Gasteiger partial charge >= 0.3 is 0 Å². The van der Waals surface area contributed by atoms with E-state index in [1.54, 1.807) is 0 Å². The summed E-state index contributed by atoms with van der Waals surface area (Å²) >= 11 is 0. The van der Waals surface area contributed by atoms with Gasteiger partial charge in [-0.3, -0.25) is 5.10 Å². The van der Waals surface area contributed by atoms with E-state index in [0.717, 1.165) is 56.4 Å². The van der Waals surface area contributed by atoms with Crippen LogP contribution in [0.1, 0.15) is 18.9 Å². The Labute approximate surface area is 119 Å². The Balaban J connectivity index is 1.85. The van der Waals surface area contributed by atoms with Gasteiger partial charge in [0.15, 0.2) is 5.82 Å². The van der Waals surface area contributed by atoms with Gasteiger partial charge in [0.1, 0.15) is 0 Å². The van der Waals surface area contributed by atoms with Gasteiger partial charge in [0.2, 0.25) is 5.95 Å². The standard InChI is InChI=1S/C15H21N5/c1-2-12-6-3-4-7-13(12)14-17-15(19-18-14)20-10-5-8-16-9-11-20/h3-4,6-7,16H,2,5,8-11H2,1H3,(H,17,18,19). The zero-order valence-corrected chi connectivity index (χ0v) is 11.9. The molecule has 106 valence electrons. The van der Waals surface area contributed by atoms with Crippen molar-refractivity contribution in [1.29, 1.82) is 0 Å². The number of H-pyrrole nitrogens is 1. The molecule has 0 aliphatic carbocycles. The molecule has 0 bridgehead atoms. The Morgan fingerprint density at radius 1 is 1.20 bits per heavy atom. The molecule has 5 nitrogen and oxygen atoms in total. The number of aromatic amines is 1. The summed E-state index contributed by atoms with van der Waals surface area (Å²) in [5, 5.41) is 10.9. The molecule has 0 saturated carbocycles. The first kappa shape index (κ1) is 13.1. The molecule has 3 rings (SSSR count). The first-order valence-corrected chi connectivity index (χ1v) is 7.35. The second kappa shape index (κ2) is 6.05. The summed E-state index contributed by atoms with van der Waals surface area (Å²) in [7, 11) is 0. The maximum Gasteiger partial charge on any atom is 0.245 e. The summed E-state index contributed by atoms with van der Waals surface area (Å²) in [6, 6.07) is 8.37. The molecule has 2 heterocycles. The van der Waals surface area contributed by atoms with Crippen molar-refractivity contribution < 1.29 is 0 Å². The van der Waals surface area contributed by atoms with Crippen LogP contribution in [0.25, 0.3) is 11.4 Å². The van der Waals surface area contributed by atoms with Crippen LogP contribution in [0, 0.1) is 0 Å². The van der Waals surface area contributed by atoms with Gasteiger partial charge in [-0.25, -0.2) is 0 Å². The highest BCUT2D eigenvalue weighted by atomic mass is 15.4. The predicted octanol–water partition coefficient (Wildman–Crippen LogP) is 1.83. The Hall–Kier alpha value is -1.88. The smallest absolute Gasteiger partial charge is 0.245 e. The Morgan fingerprint density at radius 2 is 2.10 bits per heavy atom. The van der Waals surface area contributed by atoms with Crippen LogP contribution in [-0.4, -0.2) is 41.4 Å². The van der Waals surface area contributed by atoms with Crippen molar-refractivity contribution in [2.75, 3.05) is 31.1 Å². The van der Waals surface area contributed by atoms with Gasteiger partial charge in [0, 0.05) is 25.2 Å². The molecule has 1 aromatic heterocycles. The van der Waals surface area contributed by atoms with Crippen molar-refractivity contribution in [2.24, 2.45) is 0 Å². The topological polar surface area (TPSA) is 56.8 Å². The monoisotopic (exact) mass is 271 g/mol. The van der Waals surface area contributed by atoms with Crippen LogP contribution in [0.5, 0.6) is 0 Å². The molecule has 1 aromatic carbocycles. The largest absolute Gasteiger partial charge is 0.338 e. The summed E-state index contributed by atoms with van der Waals surface area (Å²) in [6.45, 7) is 6.21. The van der Waals surface area contributed by atoms with E-state index in [0.29, 0.717) is 0 Å². The lowest BCUT2D eigenvalue weighted by molar-refractivity contribution is 0.724. The quantitative estimate of drug-likeness (QED) is 0.894.